The number of aryl methyl sites for hydroxylation is 1. The molecule has 3 aromatic rings. The summed E-state index contributed by atoms with van der Waals surface area (Å²) in [6.07, 6.45) is 0. The van der Waals surface area contributed by atoms with E-state index in [0.717, 1.165) is 11.1 Å². The predicted molar refractivity (Wildman–Crippen MR) is 75.5 cm³/mol. The molecule has 3 rings (SSSR count). The fraction of sp³-hybridized carbons (Fsp3) is 0.188. The van der Waals surface area contributed by atoms with Crippen molar-refractivity contribution in [2.24, 2.45) is 0 Å². The lowest BCUT2D eigenvalue weighted by Gasteiger charge is -1.99. The molecule has 0 saturated carbocycles. The topological polar surface area (TPSA) is 26.0 Å². The van der Waals surface area contributed by atoms with E-state index in [9.17, 15) is 0 Å². The Bertz CT molecular complexity index is 626. The lowest BCUT2D eigenvalue weighted by Crippen LogP contribution is -1.77. The van der Waals surface area contributed by atoms with Crippen LogP contribution in [0.4, 0.5) is 0 Å². The largest absolute Gasteiger partial charge is 0.441 e. The number of benzene rings is 2. The van der Waals surface area contributed by atoms with E-state index in [-0.39, 0.29) is 0 Å². The Morgan fingerprint density at radius 3 is 2.33 bits per heavy atom. The number of rotatable bonds is 1. The summed E-state index contributed by atoms with van der Waals surface area (Å²) in [5, 5.41) is 0. The predicted octanol–water partition coefficient (Wildman–Crippen LogP) is 4.83. The molecule has 0 aliphatic carbocycles. The van der Waals surface area contributed by atoms with Crippen LogP contribution in [0.15, 0.2) is 52.9 Å². The molecular weight excluding hydrogens is 222 g/mol. The number of hydrogen-bond donors (Lipinski definition) is 0. The highest BCUT2D eigenvalue weighted by Gasteiger charge is 2.03. The molecule has 0 radical (unpaired) electrons. The molecule has 0 bridgehead atoms. The third-order valence-corrected chi connectivity index (χ3v) is 2.60. The van der Waals surface area contributed by atoms with E-state index >= 15 is 0 Å². The van der Waals surface area contributed by atoms with Gasteiger partial charge in [0.15, 0.2) is 11.5 Å². The summed E-state index contributed by atoms with van der Waals surface area (Å²) in [7, 11) is 0. The fourth-order valence-electron chi connectivity index (χ4n) is 1.85. The zero-order valence-corrected chi connectivity index (χ0v) is 11.0. The van der Waals surface area contributed by atoms with E-state index in [0.29, 0.717) is 5.89 Å². The van der Waals surface area contributed by atoms with Gasteiger partial charge in [-0.05, 0) is 23.3 Å². The van der Waals surface area contributed by atoms with Crippen LogP contribution in [-0.2, 0) is 0 Å². The molecule has 0 atom stereocenters. The normalized spacial score (nSPS) is 9.94. The van der Waals surface area contributed by atoms with Crippen molar-refractivity contribution in [2.45, 2.75) is 20.8 Å². The van der Waals surface area contributed by atoms with Gasteiger partial charge in [-0.25, -0.2) is 4.98 Å². The smallest absolute Gasteiger partial charge is 0.192 e. The first kappa shape index (κ1) is 12.4. The number of fused-ring (bicyclic) bond motifs is 1. The monoisotopic (exact) mass is 239 g/mol. The fourth-order valence-corrected chi connectivity index (χ4v) is 1.85. The van der Waals surface area contributed by atoms with Crippen LogP contribution in [0.1, 0.15) is 19.7 Å². The number of oxazole rings is 1. The molecule has 0 saturated heterocycles. The minimum Gasteiger partial charge on any atom is -0.441 e. The Morgan fingerprint density at radius 1 is 0.889 bits per heavy atom. The second-order valence-electron chi connectivity index (χ2n) is 3.78. The highest BCUT2D eigenvalue weighted by Crippen LogP contribution is 2.24. The highest BCUT2D eigenvalue weighted by molar-refractivity contribution is 5.80. The standard InChI is InChI=1S/C14H11NO.C2H6/c1-10-15-13-9-12(7-8-14(13)16-10)11-5-3-2-4-6-11;1-2/h2-9H,1H3;1-2H3. The van der Waals surface area contributed by atoms with E-state index in [2.05, 4.69) is 29.2 Å². The van der Waals surface area contributed by atoms with Gasteiger partial charge in [-0.2, -0.15) is 0 Å². The summed E-state index contributed by atoms with van der Waals surface area (Å²) >= 11 is 0. The summed E-state index contributed by atoms with van der Waals surface area (Å²) in [6.45, 7) is 5.86. The van der Waals surface area contributed by atoms with Crippen molar-refractivity contribution in [3.05, 3.63) is 54.4 Å². The molecule has 0 N–H and O–H groups in total. The van der Waals surface area contributed by atoms with Crippen LogP contribution in [0.5, 0.6) is 0 Å². The van der Waals surface area contributed by atoms with Crippen LogP contribution in [-0.4, -0.2) is 4.98 Å². The van der Waals surface area contributed by atoms with Crippen molar-refractivity contribution in [3.8, 4) is 11.1 Å². The average Bonchev–Trinajstić information content (AvgIpc) is 2.81. The van der Waals surface area contributed by atoms with Gasteiger partial charge in [-0.3, -0.25) is 0 Å². The third-order valence-electron chi connectivity index (χ3n) is 2.60. The van der Waals surface area contributed by atoms with Gasteiger partial charge >= 0.3 is 0 Å². The van der Waals surface area contributed by atoms with E-state index in [1.54, 1.807) is 0 Å². The minimum atomic E-state index is 0.709. The SMILES string of the molecule is CC.Cc1nc2cc(-c3ccccc3)ccc2o1. The third kappa shape index (κ3) is 2.43. The average molecular weight is 239 g/mol. The van der Waals surface area contributed by atoms with Crippen LogP contribution >= 0.6 is 0 Å². The van der Waals surface area contributed by atoms with Gasteiger partial charge in [0.1, 0.15) is 5.52 Å². The molecule has 18 heavy (non-hydrogen) atoms. The Kier molecular flexibility index (Phi) is 3.78. The Balaban J connectivity index is 0.000000574. The van der Waals surface area contributed by atoms with Crippen LogP contribution in [0.3, 0.4) is 0 Å². The summed E-state index contributed by atoms with van der Waals surface area (Å²) in [4.78, 5) is 4.33. The van der Waals surface area contributed by atoms with Gasteiger partial charge < -0.3 is 4.42 Å². The Labute approximate surface area is 107 Å². The molecule has 0 aliphatic heterocycles. The molecule has 1 aromatic heterocycles. The number of hydrogen-bond acceptors (Lipinski definition) is 2. The minimum absolute atomic E-state index is 0.709. The van der Waals surface area contributed by atoms with Crippen molar-refractivity contribution in [2.75, 3.05) is 0 Å². The molecule has 1 heterocycles. The van der Waals surface area contributed by atoms with Gasteiger partial charge in [0.2, 0.25) is 0 Å². The lowest BCUT2D eigenvalue weighted by molar-refractivity contribution is 0.561. The van der Waals surface area contributed by atoms with Crippen LogP contribution in [0, 0.1) is 6.92 Å². The summed E-state index contributed by atoms with van der Waals surface area (Å²) in [5.41, 5.74) is 4.13. The second kappa shape index (κ2) is 5.50. The Morgan fingerprint density at radius 2 is 1.61 bits per heavy atom. The first-order valence-electron chi connectivity index (χ1n) is 6.25. The van der Waals surface area contributed by atoms with Crippen molar-refractivity contribution in [1.82, 2.24) is 4.98 Å². The molecule has 92 valence electrons. The quantitative estimate of drug-likeness (QED) is 0.608. The first-order valence-corrected chi connectivity index (χ1v) is 6.25. The number of nitrogens with zero attached hydrogens (tertiary/aromatic N) is 1. The van der Waals surface area contributed by atoms with Gasteiger partial charge in [0.05, 0.1) is 0 Å². The molecule has 2 heteroatoms. The van der Waals surface area contributed by atoms with Crippen molar-refractivity contribution >= 4 is 11.1 Å². The maximum absolute atomic E-state index is 5.45. The maximum Gasteiger partial charge on any atom is 0.192 e. The molecule has 2 nitrogen and oxygen atoms in total. The second-order valence-corrected chi connectivity index (χ2v) is 3.78. The molecule has 0 unspecified atom stereocenters. The van der Waals surface area contributed by atoms with E-state index in [4.69, 9.17) is 4.42 Å². The van der Waals surface area contributed by atoms with E-state index in [1.165, 1.54) is 11.1 Å². The highest BCUT2D eigenvalue weighted by atomic mass is 16.3. The van der Waals surface area contributed by atoms with Crippen LogP contribution in [0.25, 0.3) is 22.2 Å². The maximum atomic E-state index is 5.45. The zero-order valence-electron chi connectivity index (χ0n) is 11.0. The van der Waals surface area contributed by atoms with Gasteiger partial charge in [-0.1, -0.05) is 50.2 Å². The van der Waals surface area contributed by atoms with E-state index in [1.807, 2.05) is 45.0 Å². The van der Waals surface area contributed by atoms with Crippen LogP contribution < -0.4 is 0 Å². The molecule has 0 amide bonds. The van der Waals surface area contributed by atoms with E-state index < -0.39 is 0 Å². The molecule has 2 aromatic carbocycles. The van der Waals surface area contributed by atoms with Gasteiger partial charge in [-0.15, -0.1) is 0 Å². The molecular formula is C16H17NO. The molecule has 0 aliphatic rings. The molecule has 0 spiro atoms. The summed E-state index contributed by atoms with van der Waals surface area (Å²) in [6, 6.07) is 16.4. The van der Waals surface area contributed by atoms with Gasteiger partial charge in [0, 0.05) is 6.92 Å². The van der Waals surface area contributed by atoms with Gasteiger partial charge in [0.25, 0.3) is 0 Å². The van der Waals surface area contributed by atoms with Crippen LogP contribution in [0.2, 0.25) is 0 Å². The first-order chi connectivity index (χ1) is 8.83. The molecule has 0 fully saturated rings. The summed E-state index contributed by atoms with van der Waals surface area (Å²) in [5.74, 6) is 0.709. The lowest BCUT2D eigenvalue weighted by atomic mass is 10.1. The number of aromatic nitrogens is 1. The van der Waals surface area contributed by atoms with Crippen molar-refractivity contribution < 1.29 is 4.42 Å². The Hall–Kier alpha value is -2.09. The van der Waals surface area contributed by atoms with Crippen molar-refractivity contribution in [3.63, 3.8) is 0 Å². The zero-order chi connectivity index (χ0) is 13.0. The van der Waals surface area contributed by atoms with Crippen molar-refractivity contribution in [1.29, 1.82) is 0 Å². The summed E-state index contributed by atoms with van der Waals surface area (Å²) < 4.78 is 5.45.